The van der Waals surface area contributed by atoms with Gasteiger partial charge in [0.2, 0.25) is 0 Å². The Hall–Kier alpha value is -2.27. The number of aryl methyl sites for hydroxylation is 2. The van der Waals surface area contributed by atoms with Gasteiger partial charge < -0.3 is 0 Å². The van der Waals surface area contributed by atoms with Gasteiger partial charge in [0.05, 0.1) is 0 Å². The van der Waals surface area contributed by atoms with Crippen LogP contribution < -0.4 is 0 Å². The van der Waals surface area contributed by atoms with Crippen molar-refractivity contribution in [1.82, 2.24) is 24.7 Å². The van der Waals surface area contributed by atoms with Crippen LogP contribution in [0.3, 0.4) is 0 Å². The van der Waals surface area contributed by atoms with Gasteiger partial charge in [0.25, 0.3) is 0 Å². The Morgan fingerprint density at radius 1 is 1.00 bits per heavy atom. The summed E-state index contributed by atoms with van der Waals surface area (Å²) in [6, 6.07) is 11.4. The summed E-state index contributed by atoms with van der Waals surface area (Å²) in [5, 5.41) is 4.69. The number of hydrogen-bond acceptors (Lipinski definition) is 4. The fourth-order valence-electron chi connectivity index (χ4n) is 1.97. The molecule has 20 heavy (non-hydrogen) atoms. The molecule has 100 valence electrons. The molecule has 0 aliphatic rings. The monoisotopic (exact) mass is 285 g/mol. The van der Waals surface area contributed by atoms with Crippen LogP contribution in [0.1, 0.15) is 11.6 Å². The normalized spacial score (nSPS) is 10.8. The molecule has 0 aliphatic carbocycles. The summed E-state index contributed by atoms with van der Waals surface area (Å²) < 4.78 is 1.66. The lowest BCUT2D eigenvalue weighted by atomic mass is 10.2. The van der Waals surface area contributed by atoms with Crippen molar-refractivity contribution in [3.05, 3.63) is 53.2 Å². The highest BCUT2D eigenvalue weighted by atomic mass is 35.5. The summed E-state index contributed by atoms with van der Waals surface area (Å²) in [6.07, 6.45) is 0. The molecule has 0 spiro atoms. The van der Waals surface area contributed by atoms with Crippen molar-refractivity contribution in [2.75, 3.05) is 0 Å². The molecule has 0 amide bonds. The third-order valence-corrected chi connectivity index (χ3v) is 3.00. The van der Waals surface area contributed by atoms with Crippen LogP contribution in [-0.4, -0.2) is 24.7 Å². The summed E-state index contributed by atoms with van der Waals surface area (Å²) in [5.74, 6) is 2.64. The predicted octanol–water partition coefficient (Wildman–Crippen LogP) is 2.99. The lowest BCUT2D eigenvalue weighted by molar-refractivity contribution is 0.800. The molecule has 1 aromatic carbocycles. The Balaban J connectivity index is 2.14. The fourth-order valence-corrected chi connectivity index (χ4v) is 2.15. The highest BCUT2D eigenvalue weighted by Crippen LogP contribution is 2.19. The smallest absolute Gasteiger partial charge is 0.163 e. The van der Waals surface area contributed by atoms with E-state index in [9.17, 15) is 0 Å². The first-order chi connectivity index (χ1) is 9.63. The topological polar surface area (TPSA) is 56.5 Å². The van der Waals surface area contributed by atoms with E-state index in [1.54, 1.807) is 10.7 Å². The van der Waals surface area contributed by atoms with Crippen LogP contribution in [0.15, 0.2) is 36.4 Å². The first-order valence-electron chi connectivity index (χ1n) is 6.14. The average Bonchev–Trinajstić information content (AvgIpc) is 2.78. The molecule has 0 N–H and O–H groups in total. The van der Waals surface area contributed by atoms with Crippen molar-refractivity contribution in [2.45, 2.75) is 13.8 Å². The maximum Gasteiger partial charge on any atom is 0.163 e. The third kappa shape index (κ3) is 2.40. The second-order valence-electron chi connectivity index (χ2n) is 4.36. The highest BCUT2D eigenvalue weighted by Gasteiger charge is 2.11. The fraction of sp³-hybridized carbons (Fsp3) is 0.143. The maximum atomic E-state index is 6.10. The molecule has 0 fully saturated rings. The van der Waals surface area contributed by atoms with Crippen LogP contribution in [0, 0.1) is 13.8 Å². The van der Waals surface area contributed by atoms with E-state index in [2.05, 4.69) is 20.1 Å². The first-order valence-corrected chi connectivity index (χ1v) is 6.52. The number of halogens is 1. The van der Waals surface area contributed by atoms with Gasteiger partial charge in [0.15, 0.2) is 11.6 Å². The first kappa shape index (κ1) is 12.7. The van der Waals surface area contributed by atoms with Crippen molar-refractivity contribution in [2.24, 2.45) is 0 Å². The second kappa shape index (κ2) is 5.02. The van der Waals surface area contributed by atoms with Crippen molar-refractivity contribution < 1.29 is 0 Å². The second-order valence-corrected chi connectivity index (χ2v) is 4.74. The predicted molar refractivity (Wildman–Crippen MR) is 76.9 cm³/mol. The standard InChI is InChI=1S/C14H12ClN5/c1-9-16-10(2)20(19-9)13-8-12(15)17-14(18-13)11-6-4-3-5-7-11/h3-8H,1-2H3. The maximum absolute atomic E-state index is 6.10. The molecule has 0 saturated heterocycles. The molecule has 0 unspecified atom stereocenters. The molecule has 5 nitrogen and oxygen atoms in total. The Morgan fingerprint density at radius 3 is 2.40 bits per heavy atom. The molecule has 0 saturated carbocycles. The number of benzene rings is 1. The Bertz CT molecular complexity index is 752. The van der Waals surface area contributed by atoms with Gasteiger partial charge in [0.1, 0.15) is 16.8 Å². The molecule has 6 heteroatoms. The summed E-state index contributed by atoms with van der Waals surface area (Å²) in [6.45, 7) is 3.71. The summed E-state index contributed by atoms with van der Waals surface area (Å²) in [4.78, 5) is 13.0. The minimum absolute atomic E-state index is 0.376. The number of nitrogens with zero attached hydrogens (tertiary/aromatic N) is 5. The van der Waals surface area contributed by atoms with Gasteiger partial charge in [-0.25, -0.2) is 15.0 Å². The highest BCUT2D eigenvalue weighted by molar-refractivity contribution is 6.29. The Kier molecular flexibility index (Phi) is 3.20. The molecule has 3 rings (SSSR count). The van der Waals surface area contributed by atoms with E-state index in [1.807, 2.05) is 44.2 Å². The molecular formula is C14H12ClN5. The zero-order chi connectivity index (χ0) is 14.1. The summed E-state index contributed by atoms with van der Waals surface area (Å²) in [5.41, 5.74) is 0.908. The SMILES string of the molecule is Cc1nc(C)n(-c2cc(Cl)nc(-c3ccccc3)n2)n1. The minimum atomic E-state index is 0.376. The van der Waals surface area contributed by atoms with E-state index in [-0.39, 0.29) is 0 Å². The van der Waals surface area contributed by atoms with E-state index in [4.69, 9.17) is 11.6 Å². The van der Waals surface area contributed by atoms with Crippen molar-refractivity contribution in [3.8, 4) is 17.2 Å². The van der Waals surface area contributed by atoms with E-state index in [0.717, 1.165) is 11.4 Å². The van der Waals surface area contributed by atoms with E-state index < -0.39 is 0 Å². The van der Waals surface area contributed by atoms with Gasteiger partial charge in [-0.3, -0.25) is 0 Å². The molecule has 0 aliphatic heterocycles. The van der Waals surface area contributed by atoms with Crippen LogP contribution in [-0.2, 0) is 0 Å². The molecule has 2 heterocycles. The quantitative estimate of drug-likeness (QED) is 0.679. The Morgan fingerprint density at radius 2 is 1.75 bits per heavy atom. The van der Waals surface area contributed by atoms with Gasteiger partial charge in [-0.15, -0.1) is 5.10 Å². The Labute approximate surface area is 121 Å². The van der Waals surface area contributed by atoms with Gasteiger partial charge in [0, 0.05) is 11.6 Å². The van der Waals surface area contributed by atoms with Crippen molar-refractivity contribution in [1.29, 1.82) is 0 Å². The number of aromatic nitrogens is 5. The zero-order valence-electron chi connectivity index (χ0n) is 11.1. The molecule has 2 aromatic heterocycles. The third-order valence-electron chi connectivity index (χ3n) is 2.81. The molecule has 0 bridgehead atoms. The number of hydrogen-bond donors (Lipinski definition) is 0. The van der Waals surface area contributed by atoms with Crippen LogP contribution in [0.4, 0.5) is 0 Å². The van der Waals surface area contributed by atoms with Gasteiger partial charge >= 0.3 is 0 Å². The lowest BCUT2D eigenvalue weighted by Crippen LogP contribution is -2.04. The van der Waals surface area contributed by atoms with Gasteiger partial charge in [-0.05, 0) is 13.8 Å². The summed E-state index contributed by atoms with van der Waals surface area (Å²) in [7, 11) is 0. The molecule has 0 radical (unpaired) electrons. The largest absolute Gasteiger partial charge is 0.217 e. The van der Waals surface area contributed by atoms with Crippen molar-refractivity contribution in [3.63, 3.8) is 0 Å². The van der Waals surface area contributed by atoms with Crippen LogP contribution in [0.5, 0.6) is 0 Å². The van der Waals surface area contributed by atoms with Crippen LogP contribution in [0.2, 0.25) is 5.15 Å². The van der Waals surface area contributed by atoms with Crippen LogP contribution in [0.25, 0.3) is 17.2 Å². The van der Waals surface area contributed by atoms with Crippen LogP contribution >= 0.6 is 11.6 Å². The number of rotatable bonds is 2. The van der Waals surface area contributed by atoms with Gasteiger partial charge in [-0.2, -0.15) is 4.68 Å². The molecule has 0 atom stereocenters. The average molecular weight is 286 g/mol. The zero-order valence-corrected chi connectivity index (χ0v) is 11.8. The molecular weight excluding hydrogens is 274 g/mol. The van der Waals surface area contributed by atoms with E-state index >= 15 is 0 Å². The lowest BCUT2D eigenvalue weighted by Gasteiger charge is -2.06. The van der Waals surface area contributed by atoms with Gasteiger partial charge in [-0.1, -0.05) is 41.9 Å². The molecule has 3 aromatic rings. The summed E-state index contributed by atoms with van der Waals surface area (Å²) >= 11 is 6.10. The van der Waals surface area contributed by atoms with E-state index in [0.29, 0.717) is 22.6 Å². The van der Waals surface area contributed by atoms with E-state index in [1.165, 1.54) is 0 Å². The van der Waals surface area contributed by atoms with Crippen molar-refractivity contribution >= 4 is 11.6 Å². The minimum Gasteiger partial charge on any atom is -0.217 e.